The van der Waals surface area contributed by atoms with E-state index in [2.05, 4.69) is 20.4 Å². The van der Waals surface area contributed by atoms with Crippen LogP contribution in [0.1, 0.15) is 23.6 Å². The summed E-state index contributed by atoms with van der Waals surface area (Å²) in [4.78, 5) is 33.0. The van der Waals surface area contributed by atoms with E-state index in [-0.39, 0.29) is 18.9 Å². The molecule has 1 N–H and O–H groups in total. The molecule has 0 spiro atoms. The predicted octanol–water partition coefficient (Wildman–Crippen LogP) is 2.41. The normalized spacial score (nSPS) is 11.1. The third-order valence-electron chi connectivity index (χ3n) is 4.70. The van der Waals surface area contributed by atoms with E-state index in [9.17, 15) is 9.59 Å². The molecule has 0 atom stereocenters. The van der Waals surface area contributed by atoms with Gasteiger partial charge in [0, 0.05) is 38.2 Å². The quantitative estimate of drug-likeness (QED) is 0.500. The van der Waals surface area contributed by atoms with Gasteiger partial charge in [0.2, 0.25) is 5.91 Å². The molecule has 4 aromatic rings. The third kappa shape index (κ3) is 4.14. The highest BCUT2D eigenvalue weighted by molar-refractivity contribution is 5.76. The molecular formula is C21H21N5O4. The van der Waals surface area contributed by atoms with Crippen LogP contribution in [-0.2, 0) is 17.8 Å². The Hall–Kier alpha value is -3.75. The van der Waals surface area contributed by atoms with Gasteiger partial charge in [0.05, 0.1) is 22.5 Å². The Bertz CT molecular complexity index is 1250. The molecule has 30 heavy (non-hydrogen) atoms. The van der Waals surface area contributed by atoms with Gasteiger partial charge in [0.15, 0.2) is 11.3 Å². The van der Waals surface area contributed by atoms with Crippen molar-refractivity contribution in [3.05, 3.63) is 64.3 Å². The number of oxazole rings is 1. The lowest BCUT2D eigenvalue weighted by Crippen LogP contribution is -2.28. The smallest absolute Gasteiger partial charge is 0.408 e. The Morgan fingerprint density at radius 2 is 2.07 bits per heavy atom. The molecule has 0 unspecified atom stereocenters. The van der Waals surface area contributed by atoms with E-state index in [0.717, 1.165) is 17.0 Å². The number of nitrogens with zero attached hydrogens (tertiary/aromatic N) is 4. The molecule has 0 radical (unpaired) electrons. The van der Waals surface area contributed by atoms with Crippen molar-refractivity contribution in [2.75, 3.05) is 6.54 Å². The van der Waals surface area contributed by atoms with E-state index in [1.807, 2.05) is 26.0 Å². The molecule has 154 valence electrons. The van der Waals surface area contributed by atoms with Gasteiger partial charge in [0.1, 0.15) is 5.82 Å². The van der Waals surface area contributed by atoms with Crippen molar-refractivity contribution in [2.45, 2.75) is 33.2 Å². The van der Waals surface area contributed by atoms with Gasteiger partial charge in [-0.2, -0.15) is 0 Å². The van der Waals surface area contributed by atoms with Gasteiger partial charge >= 0.3 is 5.76 Å². The second-order valence-electron chi connectivity index (χ2n) is 6.95. The first-order valence-electron chi connectivity index (χ1n) is 9.62. The van der Waals surface area contributed by atoms with Crippen LogP contribution in [0.3, 0.4) is 0 Å². The molecule has 9 heteroatoms. The van der Waals surface area contributed by atoms with E-state index in [4.69, 9.17) is 8.94 Å². The van der Waals surface area contributed by atoms with E-state index >= 15 is 0 Å². The number of hydrogen-bond donors (Lipinski definition) is 1. The summed E-state index contributed by atoms with van der Waals surface area (Å²) in [6, 6.07) is 8.97. The molecule has 0 aliphatic rings. The van der Waals surface area contributed by atoms with Crippen LogP contribution in [-0.4, -0.2) is 32.1 Å². The zero-order valence-electron chi connectivity index (χ0n) is 16.7. The van der Waals surface area contributed by atoms with Crippen LogP contribution in [0.25, 0.3) is 22.4 Å². The lowest BCUT2D eigenvalue weighted by atomic mass is 10.1. The Kier molecular flexibility index (Phi) is 5.42. The number of carbonyl (C=O) groups is 1. The van der Waals surface area contributed by atoms with Crippen LogP contribution in [0.2, 0.25) is 0 Å². The van der Waals surface area contributed by atoms with Gasteiger partial charge in [-0.3, -0.25) is 9.36 Å². The maximum absolute atomic E-state index is 12.3. The van der Waals surface area contributed by atoms with Gasteiger partial charge in [0.25, 0.3) is 0 Å². The average Bonchev–Trinajstić information content (AvgIpc) is 3.29. The first-order valence-corrected chi connectivity index (χ1v) is 9.62. The number of aryl methyl sites for hydroxylation is 3. The van der Waals surface area contributed by atoms with Gasteiger partial charge in [-0.1, -0.05) is 17.3 Å². The molecule has 1 amide bonds. The number of fused-ring (bicyclic) bond motifs is 1. The van der Waals surface area contributed by atoms with Crippen molar-refractivity contribution in [1.82, 2.24) is 25.0 Å². The summed E-state index contributed by atoms with van der Waals surface area (Å²) in [6.07, 6.45) is 2.38. The average molecular weight is 407 g/mol. The minimum atomic E-state index is -0.465. The first-order chi connectivity index (χ1) is 14.5. The van der Waals surface area contributed by atoms with Gasteiger partial charge in [-0.15, -0.1) is 0 Å². The van der Waals surface area contributed by atoms with Crippen LogP contribution in [0.4, 0.5) is 0 Å². The Labute approximate surface area is 171 Å². The zero-order chi connectivity index (χ0) is 21.1. The number of amides is 1. The van der Waals surface area contributed by atoms with Crippen LogP contribution in [0, 0.1) is 13.8 Å². The van der Waals surface area contributed by atoms with E-state index in [1.165, 1.54) is 4.57 Å². The maximum Gasteiger partial charge on any atom is 0.419 e. The van der Waals surface area contributed by atoms with Crippen molar-refractivity contribution >= 4 is 17.0 Å². The Balaban J connectivity index is 1.37. The van der Waals surface area contributed by atoms with Crippen molar-refractivity contribution in [3.63, 3.8) is 0 Å². The minimum Gasteiger partial charge on any atom is -0.408 e. The van der Waals surface area contributed by atoms with Gasteiger partial charge in [-0.25, -0.2) is 14.8 Å². The highest BCUT2D eigenvalue weighted by atomic mass is 16.5. The van der Waals surface area contributed by atoms with Crippen LogP contribution < -0.4 is 11.1 Å². The number of nitrogens with one attached hydrogen (secondary N) is 1. The van der Waals surface area contributed by atoms with E-state index in [1.54, 1.807) is 24.4 Å². The molecule has 0 saturated carbocycles. The molecule has 3 heterocycles. The fourth-order valence-electron chi connectivity index (χ4n) is 3.25. The van der Waals surface area contributed by atoms with E-state index < -0.39 is 5.76 Å². The predicted molar refractivity (Wildman–Crippen MR) is 109 cm³/mol. The van der Waals surface area contributed by atoms with Gasteiger partial charge < -0.3 is 14.3 Å². The molecule has 1 aromatic carbocycles. The van der Waals surface area contributed by atoms with E-state index in [0.29, 0.717) is 35.6 Å². The first kappa shape index (κ1) is 19.6. The number of hydrogen-bond acceptors (Lipinski definition) is 7. The molecular weight excluding hydrogens is 386 g/mol. The van der Waals surface area contributed by atoms with Crippen molar-refractivity contribution in [1.29, 1.82) is 0 Å². The maximum atomic E-state index is 12.3. The summed E-state index contributed by atoms with van der Waals surface area (Å²) in [5, 5.41) is 6.78. The lowest BCUT2D eigenvalue weighted by molar-refractivity contribution is -0.121. The van der Waals surface area contributed by atoms with Crippen LogP contribution in [0.5, 0.6) is 0 Å². The second-order valence-corrected chi connectivity index (χ2v) is 6.95. The molecule has 0 aliphatic heterocycles. The lowest BCUT2D eigenvalue weighted by Gasteiger charge is -2.08. The van der Waals surface area contributed by atoms with Gasteiger partial charge in [-0.05, 0) is 26.0 Å². The summed E-state index contributed by atoms with van der Waals surface area (Å²) < 4.78 is 12.0. The summed E-state index contributed by atoms with van der Waals surface area (Å²) in [7, 11) is 0. The number of aromatic nitrogens is 4. The fraction of sp³-hybridized carbons (Fsp3) is 0.286. The van der Waals surface area contributed by atoms with Crippen LogP contribution in [0.15, 0.2) is 50.3 Å². The highest BCUT2D eigenvalue weighted by Gasteiger charge is 2.14. The monoisotopic (exact) mass is 407 g/mol. The number of rotatable bonds is 7. The molecule has 4 rings (SSSR count). The number of benzene rings is 1. The van der Waals surface area contributed by atoms with Crippen LogP contribution >= 0.6 is 0 Å². The third-order valence-corrected chi connectivity index (χ3v) is 4.70. The molecule has 0 fully saturated rings. The topological polar surface area (TPSA) is 116 Å². The summed E-state index contributed by atoms with van der Waals surface area (Å²) in [5.74, 6) is 0.616. The highest BCUT2D eigenvalue weighted by Crippen LogP contribution is 2.23. The second kappa shape index (κ2) is 8.32. The zero-order valence-corrected chi connectivity index (χ0v) is 16.7. The molecule has 0 bridgehead atoms. The summed E-state index contributed by atoms with van der Waals surface area (Å²) >= 11 is 0. The fourth-order valence-corrected chi connectivity index (χ4v) is 3.25. The van der Waals surface area contributed by atoms with Crippen molar-refractivity contribution < 1.29 is 13.7 Å². The molecule has 0 saturated heterocycles. The SMILES string of the molecule is Cc1cc(-c2cnc(C)nc2CCNC(=O)CCn2c(=O)oc3ccccc32)on1. The Morgan fingerprint density at radius 3 is 2.87 bits per heavy atom. The standard InChI is InChI=1S/C21H21N5O4/c1-13-11-19(30-25-13)15-12-23-14(2)24-16(15)7-9-22-20(27)8-10-26-17-5-3-4-6-18(17)29-21(26)28/h3-6,11-12H,7-10H2,1-2H3,(H,22,27). The van der Waals surface area contributed by atoms with Crippen molar-refractivity contribution in [3.8, 4) is 11.3 Å². The number of para-hydroxylation sites is 2. The van der Waals surface area contributed by atoms with Crippen molar-refractivity contribution in [2.24, 2.45) is 0 Å². The summed E-state index contributed by atoms with van der Waals surface area (Å²) in [5.41, 5.74) is 3.49. The molecule has 0 aliphatic carbocycles. The minimum absolute atomic E-state index is 0.157. The summed E-state index contributed by atoms with van der Waals surface area (Å²) in [6.45, 7) is 4.30. The number of carbonyl (C=O) groups excluding carboxylic acids is 1. The largest absolute Gasteiger partial charge is 0.419 e. The molecule has 3 aromatic heterocycles. The Morgan fingerprint density at radius 1 is 1.23 bits per heavy atom. The molecule has 9 nitrogen and oxygen atoms in total.